The predicted octanol–water partition coefficient (Wildman–Crippen LogP) is 3.28. The van der Waals surface area contributed by atoms with Crippen molar-refractivity contribution in [1.29, 1.82) is 0 Å². The molecule has 0 unspecified atom stereocenters. The number of nitrogens with one attached hydrogen (secondary N) is 1. The van der Waals surface area contributed by atoms with Crippen LogP contribution in [-0.4, -0.2) is 20.1 Å². The summed E-state index contributed by atoms with van der Waals surface area (Å²) >= 11 is 0. The topological polar surface area (TPSA) is 15.3 Å². The molecule has 18 heavy (non-hydrogen) atoms. The Bertz CT molecular complexity index is 369. The molecule has 1 fully saturated rings. The maximum Gasteiger partial charge on any atom is 0.0409 e. The molecule has 0 saturated heterocycles. The van der Waals surface area contributed by atoms with Crippen LogP contribution in [0.15, 0.2) is 24.3 Å². The van der Waals surface area contributed by atoms with Gasteiger partial charge in [0.2, 0.25) is 0 Å². The van der Waals surface area contributed by atoms with E-state index in [-0.39, 0.29) is 0 Å². The smallest absolute Gasteiger partial charge is 0.0409 e. The molecule has 1 N–H and O–H groups in total. The molecule has 1 saturated carbocycles. The lowest BCUT2D eigenvalue weighted by Gasteiger charge is -2.22. The summed E-state index contributed by atoms with van der Waals surface area (Å²) in [5.41, 5.74) is 2.81. The fourth-order valence-electron chi connectivity index (χ4n) is 2.31. The maximum atomic E-state index is 3.54. The van der Waals surface area contributed by atoms with Gasteiger partial charge in [-0.15, -0.1) is 0 Å². The van der Waals surface area contributed by atoms with Crippen molar-refractivity contribution in [3.63, 3.8) is 0 Å². The summed E-state index contributed by atoms with van der Waals surface area (Å²) in [6.07, 6.45) is 2.83. The molecule has 0 aliphatic heterocycles. The van der Waals surface area contributed by atoms with Crippen LogP contribution in [0.25, 0.3) is 0 Å². The van der Waals surface area contributed by atoms with Crippen molar-refractivity contribution in [1.82, 2.24) is 5.32 Å². The van der Waals surface area contributed by atoms with Gasteiger partial charge in [0.1, 0.15) is 0 Å². The minimum Gasteiger partial charge on any atom is -0.374 e. The van der Waals surface area contributed by atoms with Gasteiger partial charge in [-0.25, -0.2) is 0 Å². The normalized spacial score (nSPS) is 15.1. The summed E-state index contributed by atoms with van der Waals surface area (Å²) in [5, 5.41) is 3.54. The van der Waals surface area contributed by atoms with Gasteiger partial charge in [0.25, 0.3) is 0 Å². The Morgan fingerprint density at radius 2 is 2.00 bits per heavy atom. The Hall–Kier alpha value is -1.02. The third-order valence-corrected chi connectivity index (χ3v) is 3.50. The molecule has 1 aliphatic rings. The van der Waals surface area contributed by atoms with Gasteiger partial charge < -0.3 is 10.2 Å². The highest BCUT2D eigenvalue weighted by Crippen LogP contribution is 2.31. The molecule has 1 aromatic rings. The summed E-state index contributed by atoms with van der Waals surface area (Å²) in [4.78, 5) is 2.42. The van der Waals surface area contributed by atoms with Crippen LogP contribution in [0.4, 0.5) is 5.69 Å². The molecule has 2 heteroatoms. The molecule has 0 radical (unpaired) electrons. The first-order valence-electron chi connectivity index (χ1n) is 7.16. The SMILES string of the molecule is CC(C)CNCc1ccccc1N(C)CC1CC1. The number of hydrogen-bond acceptors (Lipinski definition) is 2. The number of anilines is 1. The second kappa shape index (κ2) is 6.24. The molecular weight excluding hydrogens is 220 g/mol. The average Bonchev–Trinajstić information content (AvgIpc) is 3.13. The molecule has 0 spiro atoms. The molecule has 0 aromatic heterocycles. The Balaban J connectivity index is 1.95. The maximum absolute atomic E-state index is 3.54. The lowest BCUT2D eigenvalue weighted by Crippen LogP contribution is -2.24. The molecule has 0 atom stereocenters. The quantitative estimate of drug-likeness (QED) is 0.794. The highest BCUT2D eigenvalue weighted by atomic mass is 15.1. The largest absolute Gasteiger partial charge is 0.374 e. The van der Waals surface area contributed by atoms with Gasteiger partial charge in [-0.05, 0) is 42.9 Å². The highest BCUT2D eigenvalue weighted by Gasteiger charge is 2.23. The van der Waals surface area contributed by atoms with Crippen LogP contribution < -0.4 is 10.2 Å². The molecular formula is C16H26N2. The minimum absolute atomic E-state index is 0.710. The van der Waals surface area contributed by atoms with Crippen LogP contribution in [0.5, 0.6) is 0 Å². The molecule has 2 rings (SSSR count). The van der Waals surface area contributed by atoms with Crippen molar-refractivity contribution in [3.05, 3.63) is 29.8 Å². The summed E-state index contributed by atoms with van der Waals surface area (Å²) in [6, 6.07) is 8.77. The molecule has 2 nitrogen and oxygen atoms in total. The summed E-state index contributed by atoms with van der Waals surface area (Å²) in [7, 11) is 2.22. The third kappa shape index (κ3) is 4.02. The van der Waals surface area contributed by atoms with E-state index in [2.05, 4.69) is 55.4 Å². The van der Waals surface area contributed by atoms with Gasteiger partial charge in [-0.3, -0.25) is 0 Å². The zero-order chi connectivity index (χ0) is 13.0. The van der Waals surface area contributed by atoms with Crippen molar-refractivity contribution in [2.45, 2.75) is 33.2 Å². The highest BCUT2D eigenvalue weighted by molar-refractivity contribution is 5.53. The fourth-order valence-corrected chi connectivity index (χ4v) is 2.31. The van der Waals surface area contributed by atoms with E-state index in [1.54, 1.807) is 0 Å². The van der Waals surface area contributed by atoms with E-state index in [4.69, 9.17) is 0 Å². The number of nitrogens with zero attached hydrogens (tertiary/aromatic N) is 1. The number of hydrogen-bond donors (Lipinski definition) is 1. The van der Waals surface area contributed by atoms with Crippen molar-refractivity contribution in [2.24, 2.45) is 11.8 Å². The molecule has 1 aliphatic carbocycles. The van der Waals surface area contributed by atoms with Crippen molar-refractivity contribution >= 4 is 5.69 Å². The van der Waals surface area contributed by atoms with E-state index in [0.29, 0.717) is 5.92 Å². The van der Waals surface area contributed by atoms with Gasteiger partial charge in [0.15, 0.2) is 0 Å². The molecule has 0 heterocycles. The van der Waals surface area contributed by atoms with E-state index < -0.39 is 0 Å². The summed E-state index contributed by atoms with van der Waals surface area (Å²) < 4.78 is 0. The first-order valence-corrected chi connectivity index (χ1v) is 7.16. The van der Waals surface area contributed by atoms with Gasteiger partial charge in [-0.2, -0.15) is 0 Å². The van der Waals surface area contributed by atoms with Crippen LogP contribution in [0, 0.1) is 11.8 Å². The van der Waals surface area contributed by atoms with Gasteiger partial charge in [-0.1, -0.05) is 32.0 Å². The lowest BCUT2D eigenvalue weighted by atomic mass is 10.1. The molecule has 0 amide bonds. The number of rotatable bonds is 7. The standard InChI is InChI=1S/C16H26N2/c1-13(2)10-17-11-15-6-4-5-7-16(15)18(3)12-14-8-9-14/h4-7,13-14,17H,8-12H2,1-3H3. The lowest BCUT2D eigenvalue weighted by molar-refractivity contribution is 0.552. The van der Waals surface area contributed by atoms with Gasteiger partial charge >= 0.3 is 0 Å². The van der Waals surface area contributed by atoms with Crippen LogP contribution >= 0.6 is 0 Å². The third-order valence-electron chi connectivity index (χ3n) is 3.50. The zero-order valence-electron chi connectivity index (χ0n) is 11.9. The first kappa shape index (κ1) is 13.4. The number of benzene rings is 1. The van der Waals surface area contributed by atoms with E-state index >= 15 is 0 Å². The summed E-state index contributed by atoms with van der Waals surface area (Å²) in [6.45, 7) is 7.77. The second-order valence-electron chi connectivity index (χ2n) is 5.98. The van der Waals surface area contributed by atoms with Crippen molar-refractivity contribution < 1.29 is 0 Å². The van der Waals surface area contributed by atoms with Crippen molar-refractivity contribution in [3.8, 4) is 0 Å². The zero-order valence-corrected chi connectivity index (χ0v) is 11.9. The van der Waals surface area contributed by atoms with Gasteiger partial charge in [0.05, 0.1) is 0 Å². The van der Waals surface area contributed by atoms with Crippen LogP contribution in [0.3, 0.4) is 0 Å². The monoisotopic (exact) mass is 246 g/mol. The van der Waals surface area contributed by atoms with E-state index in [1.807, 2.05) is 0 Å². The average molecular weight is 246 g/mol. The van der Waals surface area contributed by atoms with E-state index in [1.165, 1.54) is 30.6 Å². The van der Waals surface area contributed by atoms with Crippen LogP contribution in [-0.2, 0) is 6.54 Å². The summed E-state index contributed by atoms with van der Waals surface area (Å²) in [5.74, 6) is 1.65. The number of para-hydroxylation sites is 1. The molecule has 0 bridgehead atoms. The minimum atomic E-state index is 0.710. The van der Waals surface area contributed by atoms with E-state index in [0.717, 1.165) is 19.0 Å². The van der Waals surface area contributed by atoms with Crippen LogP contribution in [0.2, 0.25) is 0 Å². The Labute approximate surface area is 111 Å². The molecule has 100 valence electrons. The first-order chi connectivity index (χ1) is 8.66. The Morgan fingerprint density at radius 1 is 1.28 bits per heavy atom. The Kier molecular flexibility index (Phi) is 4.65. The second-order valence-corrected chi connectivity index (χ2v) is 5.98. The fraction of sp³-hybridized carbons (Fsp3) is 0.625. The van der Waals surface area contributed by atoms with E-state index in [9.17, 15) is 0 Å². The van der Waals surface area contributed by atoms with Gasteiger partial charge in [0, 0.05) is 25.8 Å². The Morgan fingerprint density at radius 3 is 2.67 bits per heavy atom. The van der Waals surface area contributed by atoms with Crippen LogP contribution in [0.1, 0.15) is 32.3 Å². The van der Waals surface area contributed by atoms with Crippen molar-refractivity contribution in [2.75, 3.05) is 25.0 Å². The molecule has 1 aromatic carbocycles. The predicted molar refractivity (Wildman–Crippen MR) is 79.0 cm³/mol.